The molecule has 9 heteroatoms. The maximum absolute atomic E-state index is 11.9. The van der Waals surface area contributed by atoms with Gasteiger partial charge in [-0.1, -0.05) is 18.5 Å². The van der Waals surface area contributed by atoms with E-state index < -0.39 is 16.0 Å². The van der Waals surface area contributed by atoms with E-state index in [0.717, 1.165) is 12.5 Å². The molecule has 118 valence electrons. The largest absolute Gasteiger partial charge is 0.460 e. The van der Waals surface area contributed by atoms with Crippen LogP contribution < -0.4 is 5.14 Å². The number of hydrogen-bond donors (Lipinski definition) is 1. The van der Waals surface area contributed by atoms with Crippen LogP contribution in [0.3, 0.4) is 0 Å². The van der Waals surface area contributed by atoms with Gasteiger partial charge in [0, 0.05) is 11.1 Å². The van der Waals surface area contributed by atoms with Crippen molar-refractivity contribution in [3.8, 4) is 0 Å². The number of benzene rings is 1. The third kappa shape index (κ3) is 5.55. The number of carbonyl (C=O) groups excluding carboxylic acids is 1. The summed E-state index contributed by atoms with van der Waals surface area (Å²) in [5.41, 5.74) is -0.0700. The monoisotopic (exact) mass is 399 g/mol. The van der Waals surface area contributed by atoms with Crippen LogP contribution in [-0.2, 0) is 19.5 Å². The Morgan fingerprint density at radius 2 is 2.00 bits per heavy atom. The maximum atomic E-state index is 11.9. The lowest BCUT2D eigenvalue weighted by Crippen LogP contribution is -2.16. The van der Waals surface area contributed by atoms with Crippen molar-refractivity contribution in [2.75, 3.05) is 19.8 Å². The minimum atomic E-state index is -3.98. The lowest BCUT2D eigenvalue weighted by molar-refractivity contribution is 0.0318. The zero-order chi connectivity index (χ0) is 16.0. The van der Waals surface area contributed by atoms with E-state index in [2.05, 4.69) is 15.9 Å². The molecule has 0 bridgehead atoms. The van der Waals surface area contributed by atoms with Crippen LogP contribution in [0.5, 0.6) is 0 Å². The number of halogens is 2. The molecule has 0 saturated heterocycles. The third-order valence-corrected chi connectivity index (χ3v) is 4.54. The number of carbonyl (C=O) groups is 1. The summed E-state index contributed by atoms with van der Waals surface area (Å²) in [6.07, 6.45) is 0.865. The molecular formula is C12H15BrClNO5S. The summed E-state index contributed by atoms with van der Waals surface area (Å²) >= 11 is 8.94. The zero-order valence-corrected chi connectivity index (χ0v) is 14.4. The van der Waals surface area contributed by atoms with Crippen molar-refractivity contribution in [2.45, 2.75) is 18.2 Å². The first-order valence-corrected chi connectivity index (χ1v) is 8.75. The number of hydrogen-bond acceptors (Lipinski definition) is 5. The van der Waals surface area contributed by atoms with Gasteiger partial charge in [-0.15, -0.1) is 0 Å². The zero-order valence-electron chi connectivity index (χ0n) is 11.3. The summed E-state index contributed by atoms with van der Waals surface area (Å²) in [7, 11) is -3.98. The van der Waals surface area contributed by atoms with Crippen molar-refractivity contribution in [1.82, 2.24) is 0 Å². The first-order valence-electron chi connectivity index (χ1n) is 6.04. The molecule has 2 N–H and O–H groups in total. The van der Waals surface area contributed by atoms with Crippen LogP contribution in [0.4, 0.5) is 0 Å². The Morgan fingerprint density at radius 3 is 2.57 bits per heavy atom. The summed E-state index contributed by atoms with van der Waals surface area (Å²) in [4.78, 5) is 11.6. The van der Waals surface area contributed by atoms with E-state index in [4.69, 9.17) is 26.2 Å². The van der Waals surface area contributed by atoms with Gasteiger partial charge in [-0.25, -0.2) is 18.4 Å². The molecule has 0 heterocycles. The highest BCUT2D eigenvalue weighted by Gasteiger charge is 2.20. The predicted molar refractivity (Wildman–Crippen MR) is 81.9 cm³/mol. The van der Waals surface area contributed by atoms with Gasteiger partial charge in [0.05, 0.1) is 22.1 Å². The SMILES string of the molecule is CCCOCCOC(=O)c1cc(S(N)(=O)=O)c(Br)cc1Cl. The summed E-state index contributed by atoms with van der Waals surface area (Å²) < 4.78 is 33.1. The smallest absolute Gasteiger partial charge is 0.339 e. The molecule has 0 aromatic heterocycles. The molecular weight excluding hydrogens is 386 g/mol. The quantitative estimate of drug-likeness (QED) is 0.560. The summed E-state index contributed by atoms with van der Waals surface area (Å²) in [6, 6.07) is 2.36. The van der Waals surface area contributed by atoms with Gasteiger partial charge in [-0.2, -0.15) is 0 Å². The molecule has 1 rings (SSSR count). The standard InChI is InChI=1S/C12H15BrClNO5S/c1-2-3-19-4-5-20-12(16)8-6-11(21(15,17)18)9(13)7-10(8)14/h6-7H,2-5H2,1H3,(H2,15,17,18). The minimum absolute atomic E-state index is 0.0515. The molecule has 0 spiro atoms. The van der Waals surface area contributed by atoms with Crippen molar-refractivity contribution in [3.63, 3.8) is 0 Å². The Morgan fingerprint density at radius 1 is 1.33 bits per heavy atom. The van der Waals surface area contributed by atoms with E-state index in [1.54, 1.807) is 0 Å². The molecule has 0 radical (unpaired) electrons. The lowest BCUT2D eigenvalue weighted by Gasteiger charge is -2.09. The van der Waals surface area contributed by atoms with Crippen LogP contribution in [0.2, 0.25) is 5.02 Å². The Kier molecular flexibility index (Phi) is 7.08. The van der Waals surface area contributed by atoms with E-state index in [-0.39, 0.29) is 33.2 Å². The van der Waals surface area contributed by atoms with E-state index >= 15 is 0 Å². The van der Waals surface area contributed by atoms with Crippen LogP contribution >= 0.6 is 27.5 Å². The fourth-order valence-corrected chi connectivity index (χ4v) is 3.43. The van der Waals surface area contributed by atoms with Gasteiger partial charge in [0.1, 0.15) is 6.61 Å². The van der Waals surface area contributed by atoms with Crippen LogP contribution in [0.15, 0.2) is 21.5 Å². The average molecular weight is 401 g/mol. The molecule has 21 heavy (non-hydrogen) atoms. The third-order valence-electron chi connectivity index (χ3n) is 2.36. The van der Waals surface area contributed by atoms with Crippen LogP contribution in [0.25, 0.3) is 0 Å². The van der Waals surface area contributed by atoms with E-state index in [1.165, 1.54) is 6.07 Å². The number of rotatable bonds is 7. The molecule has 0 atom stereocenters. The minimum Gasteiger partial charge on any atom is -0.460 e. The molecule has 0 aliphatic heterocycles. The van der Waals surface area contributed by atoms with Gasteiger partial charge in [-0.05, 0) is 34.5 Å². The molecule has 0 fully saturated rings. The Labute approximate surface area is 136 Å². The number of ether oxygens (including phenoxy) is 2. The summed E-state index contributed by atoms with van der Waals surface area (Å²) in [5, 5.41) is 5.12. The molecule has 1 aromatic carbocycles. The van der Waals surface area contributed by atoms with Crippen LogP contribution in [-0.4, -0.2) is 34.2 Å². The van der Waals surface area contributed by atoms with E-state index in [9.17, 15) is 13.2 Å². The van der Waals surface area contributed by atoms with Crippen molar-refractivity contribution in [1.29, 1.82) is 0 Å². The van der Waals surface area contributed by atoms with Gasteiger partial charge in [0.2, 0.25) is 10.0 Å². The summed E-state index contributed by atoms with van der Waals surface area (Å²) in [6.45, 7) is 2.85. The predicted octanol–water partition coefficient (Wildman–Crippen LogP) is 2.33. The Balaban J connectivity index is 2.85. The molecule has 0 aliphatic rings. The van der Waals surface area contributed by atoms with Crippen molar-refractivity contribution >= 4 is 43.5 Å². The highest BCUT2D eigenvalue weighted by Crippen LogP contribution is 2.28. The Hall–Kier alpha value is -0.670. The van der Waals surface area contributed by atoms with Gasteiger partial charge >= 0.3 is 5.97 Å². The number of esters is 1. The van der Waals surface area contributed by atoms with Crippen molar-refractivity contribution < 1.29 is 22.7 Å². The number of primary sulfonamides is 1. The Bertz CT molecular complexity index is 620. The van der Waals surface area contributed by atoms with E-state index in [1.807, 2.05) is 6.92 Å². The number of nitrogens with two attached hydrogens (primary N) is 1. The number of sulfonamides is 1. The highest BCUT2D eigenvalue weighted by atomic mass is 79.9. The second kappa shape index (κ2) is 8.09. The molecule has 6 nitrogen and oxygen atoms in total. The van der Waals surface area contributed by atoms with Crippen molar-refractivity contribution in [3.05, 3.63) is 27.2 Å². The van der Waals surface area contributed by atoms with Crippen molar-refractivity contribution in [2.24, 2.45) is 5.14 Å². The average Bonchev–Trinajstić information content (AvgIpc) is 2.36. The van der Waals surface area contributed by atoms with Crippen LogP contribution in [0, 0.1) is 0 Å². The normalized spacial score (nSPS) is 11.4. The molecule has 0 unspecified atom stereocenters. The molecule has 0 amide bonds. The van der Waals surface area contributed by atoms with Crippen LogP contribution in [0.1, 0.15) is 23.7 Å². The van der Waals surface area contributed by atoms with E-state index in [0.29, 0.717) is 6.61 Å². The molecule has 0 aliphatic carbocycles. The first kappa shape index (κ1) is 18.4. The fraction of sp³-hybridized carbons (Fsp3) is 0.417. The van der Waals surface area contributed by atoms with Gasteiger partial charge in [-0.3, -0.25) is 0 Å². The highest BCUT2D eigenvalue weighted by molar-refractivity contribution is 9.10. The van der Waals surface area contributed by atoms with Gasteiger partial charge < -0.3 is 9.47 Å². The second-order valence-corrected chi connectivity index (χ2v) is 6.85. The van der Waals surface area contributed by atoms with Gasteiger partial charge in [0.25, 0.3) is 0 Å². The topological polar surface area (TPSA) is 95.7 Å². The fourth-order valence-electron chi connectivity index (χ4n) is 1.42. The molecule has 0 saturated carbocycles. The molecule has 1 aromatic rings. The summed E-state index contributed by atoms with van der Waals surface area (Å²) in [5.74, 6) is -0.738. The van der Waals surface area contributed by atoms with Gasteiger partial charge in [0.15, 0.2) is 0 Å². The lowest BCUT2D eigenvalue weighted by atomic mass is 10.2. The first-order chi connectivity index (χ1) is 9.77. The second-order valence-electron chi connectivity index (χ2n) is 4.06. The maximum Gasteiger partial charge on any atom is 0.339 e.